The first-order chi connectivity index (χ1) is 12.3. The zero-order chi connectivity index (χ0) is 19.2. The third kappa shape index (κ3) is 6.00. The highest BCUT2D eigenvalue weighted by Gasteiger charge is 2.23. The molecule has 2 N–H and O–H groups in total. The SMILES string of the molecule is CN(C)C(=O)CN=C(NCC(C)(C)c1cccc(F)c1)NC1CCCC1. The number of halogens is 1. The first kappa shape index (κ1) is 20.2. The maximum Gasteiger partial charge on any atom is 0.243 e. The maximum absolute atomic E-state index is 13.6. The van der Waals surface area contributed by atoms with E-state index in [2.05, 4.69) is 29.5 Å². The molecule has 2 rings (SSSR count). The molecule has 1 aromatic rings. The molecule has 1 aromatic carbocycles. The fourth-order valence-electron chi connectivity index (χ4n) is 3.02. The molecule has 0 bridgehead atoms. The number of nitrogens with zero attached hydrogens (tertiary/aromatic N) is 2. The number of aliphatic imine (C=N–C) groups is 1. The minimum Gasteiger partial charge on any atom is -0.356 e. The van der Waals surface area contributed by atoms with Gasteiger partial charge in [0.15, 0.2) is 5.96 Å². The van der Waals surface area contributed by atoms with Crippen LogP contribution in [-0.2, 0) is 10.2 Å². The van der Waals surface area contributed by atoms with E-state index in [1.807, 2.05) is 6.07 Å². The molecule has 1 aliphatic rings. The molecule has 0 aromatic heterocycles. The molecule has 144 valence electrons. The van der Waals surface area contributed by atoms with Crippen molar-refractivity contribution in [3.05, 3.63) is 35.6 Å². The fourth-order valence-corrected chi connectivity index (χ4v) is 3.02. The number of amides is 1. The van der Waals surface area contributed by atoms with Crippen molar-refractivity contribution in [2.75, 3.05) is 27.2 Å². The molecule has 0 unspecified atom stereocenters. The number of rotatable bonds is 6. The van der Waals surface area contributed by atoms with Gasteiger partial charge in [0.2, 0.25) is 5.91 Å². The van der Waals surface area contributed by atoms with E-state index in [0.29, 0.717) is 18.5 Å². The number of nitrogens with one attached hydrogen (secondary N) is 2. The first-order valence-electron chi connectivity index (χ1n) is 9.29. The highest BCUT2D eigenvalue weighted by atomic mass is 19.1. The lowest BCUT2D eigenvalue weighted by molar-refractivity contribution is -0.127. The van der Waals surface area contributed by atoms with E-state index in [1.54, 1.807) is 26.2 Å². The van der Waals surface area contributed by atoms with Crippen LogP contribution in [0.2, 0.25) is 0 Å². The van der Waals surface area contributed by atoms with Gasteiger partial charge < -0.3 is 15.5 Å². The van der Waals surface area contributed by atoms with Crippen LogP contribution in [0.3, 0.4) is 0 Å². The number of guanidine groups is 1. The number of likely N-dealkylation sites (N-methyl/N-ethyl adjacent to an activating group) is 1. The van der Waals surface area contributed by atoms with Crippen LogP contribution in [0.1, 0.15) is 45.1 Å². The van der Waals surface area contributed by atoms with Gasteiger partial charge in [-0.15, -0.1) is 0 Å². The number of carbonyl (C=O) groups is 1. The predicted octanol–water partition coefficient (Wildman–Crippen LogP) is 2.67. The number of hydrogen-bond donors (Lipinski definition) is 2. The van der Waals surface area contributed by atoms with Crippen molar-refractivity contribution in [1.82, 2.24) is 15.5 Å². The van der Waals surface area contributed by atoms with Gasteiger partial charge in [-0.1, -0.05) is 38.8 Å². The highest BCUT2D eigenvalue weighted by Crippen LogP contribution is 2.23. The van der Waals surface area contributed by atoms with Crippen LogP contribution in [0.25, 0.3) is 0 Å². The molecule has 1 aliphatic carbocycles. The Bertz CT molecular complexity index is 636. The Kier molecular flexibility index (Phi) is 7.00. The third-order valence-corrected chi connectivity index (χ3v) is 4.87. The van der Waals surface area contributed by atoms with Gasteiger partial charge in [0, 0.05) is 32.1 Å². The van der Waals surface area contributed by atoms with Crippen LogP contribution < -0.4 is 10.6 Å². The Morgan fingerprint density at radius 1 is 1.31 bits per heavy atom. The van der Waals surface area contributed by atoms with Crippen molar-refractivity contribution < 1.29 is 9.18 Å². The summed E-state index contributed by atoms with van der Waals surface area (Å²) in [6, 6.07) is 7.08. The molecule has 0 atom stereocenters. The zero-order valence-electron chi connectivity index (χ0n) is 16.3. The highest BCUT2D eigenvalue weighted by molar-refractivity contribution is 5.85. The van der Waals surface area contributed by atoms with Crippen molar-refractivity contribution in [3.63, 3.8) is 0 Å². The summed E-state index contributed by atoms with van der Waals surface area (Å²) in [7, 11) is 3.45. The number of carbonyl (C=O) groups excluding carboxylic acids is 1. The summed E-state index contributed by atoms with van der Waals surface area (Å²) in [6.07, 6.45) is 4.68. The van der Waals surface area contributed by atoms with Crippen LogP contribution in [0.4, 0.5) is 4.39 Å². The second kappa shape index (κ2) is 9.01. The zero-order valence-corrected chi connectivity index (χ0v) is 16.3. The molecule has 1 fully saturated rings. The third-order valence-electron chi connectivity index (χ3n) is 4.87. The minimum absolute atomic E-state index is 0.0399. The van der Waals surface area contributed by atoms with E-state index in [0.717, 1.165) is 18.4 Å². The monoisotopic (exact) mass is 362 g/mol. The van der Waals surface area contributed by atoms with Gasteiger partial charge in [-0.25, -0.2) is 9.38 Å². The predicted molar refractivity (Wildman–Crippen MR) is 104 cm³/mol. The largest absolute Gasteiger partial charge is 0.356 e. The molecule has 0 spiro atoms. The summed E-state index contributed by atoms with van der Waals surface area (Å²) < 4.78 is 13.6. The lowest BCUT2D eigenvalue weighted by Crippen LogP contribution is -2.47. The minimum atomic E-state index is -0.272. The second-order valence-corrected chi connectivity index (χ2v) is 7.83. The maximum atomic E-state index is 13.6. The summed E-state index contributed by atoms with van der Waals surface area (Å²) in [4.78, 5) is 17.9. The first-order valence-corrected chi connectivity index (χ1v) is 9.29. The Morgan fingerprint density at radius 2 is 2.00 bits per heavy atom. The molecular formula is C20H31FN4O. The number of hydrogen-bond acceptors (Lipinski definition) is 2. The quantitative estimate of drug-likeness (QED) is 0.604. The van der Waals surface area contributed by atoms with Gasteiger partial charge in [0.25, 0.3) is 0 Å². The van der Waals surface area contributed by atoms with Gasteiger partial charge in [-0.05, 0) is 30.5 Å². The van der Waals surface area contributed by atoms with E-state index >= 15 is 0 Å². The Morgan fingerprint density at radius 3 is 2.62 bits per heavy atom. The molecule has 0 aliphatic heterocycles. The molecular weight excluding hydrogens is 331 g/mol. The average molecular weight is 362 g/mol. The van der Waals surface area contributed by atoms with E-state index in [1.165, 1.54) is 23.8 Å². The summed E-state index contributed by atoms with van der Waals surface area (Å²) >= 11 is 0. The standard InChI is InChI=1S/C20H31FN4O/c1-20(2,15-8-7-9-16(21)12-15)14-23-19(22-13-18(26)25(3)4)24-17-10-5-6-11-17/h7-9,12,17H,5-6,10-11,13-14H2,1-4H3,(H2,22,23,24). The molecule has 26 heavy (non-hydrogen) atoms. The van der Waals surface area contributed by atoms with Crippen LogP contribution in [0.15, 0.2) is 29.3 Å². The van der Waals surface area contributed by atoms with E-state index < -0.39 is 0 Å². The summed E-state index contributed by atoms with van der Waals surface area (Å²) in [5, 5.41) is 6.78. The molecule has 1 saturated carbocycles. The summed E-state index contributed by atoms with van der Waals surface area (Å²) in [5.74, 6) is 0.378. The van der Waals surface area contributed by atoms with E-state index in [9.17, 15) is 9.18 Å². The Balaban J connectivity index is 2.04. The molecule has 0 radical (unpaired) electrons. The van der Waals surface area contributed by atoms with Crippen molar-refractivity contribution in [2.45, 2.75) is 51.0 Å². The smallest absolute Gasteiger partial charge is 0.243 e. The average Bonchev–Trinajstić information content (AvgIpc) is 3.10. The topological polar surface area (TPSA) is 56.7 Å². The Hall–Kier alpha value is -2.11. The Labute approximate surface area is 156 Å². The van der Waals surface area contributed by atoms with Crippen LogP contribution >= 0.6 is 0 Å². The molecule has 0 heterocycles. The summed E-state index contributed by atoms with van der Waals surface area (Å²) in [5.41, 5.74) is 0.654. The van der Waals surface area contributed by atoms with E-state index in [4.69, 9.17) is 0 Å². The van der Waals surface area contributed by atoms with Gasteiger partial charge in [0.1, 0.15) is 12.4 Å². The molecule has 0 saturated heterocycles. The summed E-state index contributed by atoms with van der Waals surface area (Å²) in [6.45, 7) is 4.82. The van der Waals surface area contributed by atoms with Gasteiger partial charge >= 0.3 is 0 Å². The van der Waals surface area contributed by atoms with Crippen LogP contribution in [-0.4, -0.2) is 50.0 Å². The van der Waals surface area contributed by atoms with Gasteiger partial charge in [-0.3, -0.25) is 4.79 Å². The van der Waals surface area contributed by atoms with Crippen molar-refractivity contribution >= 4 is 11.9 Å². The van der Waals surface area contributed by atoms with Crippen molar-refractivity contribution in [3.8, 4) is 0 Å². The van der Waals surface area contributed by atoms with Gasteiger partial charge in [0.05, 0.1) is 0 Å². The fraction of sp³-hybridized carbons (Fsp3) is 0.600. The van der Waals surface area contributed by atoms with Crippen LogP contribution in [0, 0.1) is 5.82 Å². The molecule has 1 amide bonds. The second-order valence-electron chi connectivity index (χ2n) is 7.83. The van der Waals surface area contributed by atoms with Crippen molar-refractivity contribution in [1.29, 1.82) is 0 Å². The molecule has 6 heteroatoms. The van der Waals surface area contributed by atoms with Gasteiger partial charge in [-0.2, -0.15) is 0 Å². The van der Waals surface area contributed by atoms with E-state index in [-0.39, 0.29) is 23.7 Å². The normalized spacial score (nSPS) is 15.8. The van der Waals surface area contributed by atoms with Crippen molar-refractivity contribution in [2.24, 2.45) is 4.99 Å². The van der Waals surface area contributed by atoms with Crippen LogP contribution in [0.5, 0.6) is 0 Å². The molecule has 5 nitrogen and oxygen atoms in total. The lowest BCUT2D eigenvalue weighted by atomic mass is 9.84. The lowest BCUT2D eigenvalue weighted by Gasteiger charge is -2.28. The number of benzene rings is 1.